The molecule has 4 nitrogen and oxygen atoms in total. The van der Waals surface area contributed by atoms with Crippen LogP contribution < -0.4 is 10.6 Å². The lowest BCUT2D eigenvalue weighted by Crippen LogP contribution is -2.44. The Morgan fingerprint density at radius 3 is 2.90 bits per heavy atom. The fraction of sp³-hybridized carbons (Fsp3) is 0.688. The number of hydrogen-bond acceptors (Lipinski definition) is 3. The molecule has 2 N–H and O–H groups in total. The summed E-state index contributed by atoms with van der Waals surface area (Å²) in [5.41, 5.74) is 0. The van der Waals surface area contributed by atoms with Crippen LogP contribution in [-0.2, 0) is 6.42 Å². The van der Waals surface area contributed by atoms with E-state index in [2.05, 4.69) is 53.6 Å². The fourth-order valence-corrected chi connectivity index (χ4v) is 3.83. The van der Waals surface area contributed by atoms with Gasteiger partial charge in [0.05, 0.1) is 0 Å². The molecule has 0 amide bonds. The Kier molecular flexibility index (Phi) is 6.06. The molecule has 1 aliphatic rings. The summed E-state index contributed by atoms with van der Waals surface area (Å²) in [6, 6.07) is 4.81. The largest absolute Gasteiger partial charge is 0.356 e. The molecular weight excluding hydrogens is 280 g/mol. The first kappa shape index (κ1) is 16.3. The minimum atomic E-state index is 0.389. The first-order valence-electron chi connectivity index (χ1n) is 7.78. The molecule has 5 heteroatoms. The highest BCUT2D eigenvalue weighted by Gasteiger charge is 2.19. The Morgan fingerprint density at radius 1 is 1.52 bits per heavy atom. The summed E-state index contributed by atoms with van der Waals surface area (Å²) < 4.78 is 0. The molecule has 1 aliphatic heterocycles. The van der Waals surface area contributed by atoms with E-state index in [1.54, 1.807) is 0 Å². The van der Waals surface area contributed by atoms with Crippen molar-refractivity contribution in [1.82, 2.24) is 15.5 Å². The molecule has 0 radical (unpaired) electrons. The Hall–Kier alpha value is -1.07. The van der Waals surface area contributed by atoms with E-state index in [9.17, 15) is 0 Å². The highest BCUT2D eigenvalue weighted by atomic mass is 32.1. The van der Waals surface area contributed by atoms with Crippen LogP contribution in [0, 0.1) is 12.8 Å². The van der Waals surface area contributed by atoms with Crippen molar-refractivity contribution < 1.29 is 0 Å². The van der Waals surface area contributed by atoms with Crippen LogP contribution in [-0.4, -0.2) is 50.6 Å². The van der Waals surface area contributed by atoms with Gasteiger partial charge in [0.25, 0.3) is 0 Å². The SMILES string of the molecule is CN=C(NCC1CCN(C)C1)NC(C)Cc1ccc(C)s1. The zero-order valence-electron chi connectivity index (χ0n) is 13.6. The number of thiophene rings is 1. The molecule has 2 heterocycles. The molecule has 1 aromatic heterocycles. The van der Waals surface area contributed by atoms with Crippen molar-refractivity contribution in [2.45, 2.75) is 32.7 Å². The van der Waals surface area contributed by atoms with Crippen molar-refractivity contribution in [1.29, 1.82) is 0 Å². The predicted octanol–water partition coefficient (Wildman–Crippen LogP) is 2.10. The van der Waals surface area contributed by atoms with Gasteiger partial charge in [-0.15, -0.1) is 11.3 Å². The lowest BCUT2D eigenvalue weighted by atomic mass is 10.1. The van der Waals surface area contributed by atoms with Gasteiger partial charge >= 0.3 is 0 Å². The van der Waals surface area contributed by atoms with E-state index in [1.165, 1.54) is 29.3 Å². The first-order valence-corrected chi connectivity index (χ1v) is 8.59. The van der Waals surface area contributed by atoms with Crippen molar-refractivity contribution in [2.24, 2.45) is 10.9 Å². The second-order valence-electron chi connectivity index (χ2n) is 6.13. The maximum atomic E-state index is 4.34. The molecule has 21 heavy (non-hydrogen) atoms. The second-order valence-corrected chi connectivity index (χ2v) is 7.50. The molecule has 0 aliphatic carbocycles. The zero-order valence-corrected chi connectivity index (χ0v) is 14.5. The third-order valence-electron chi connectivity index (χ3n) is 3.96. The molecule has 1 fully saturated rings. The van der Waals surface area contributed by atoms with Gasteiger partial charge in [-0.1, -0.05) is 0 Å². The predicted molar refractivity (Wildman–Crippen MR) is 92.3 cm³/mol. The number of hydrogen-bond donors (Lipinski definition) is 2. The van der Waals surface area contributed by atoms with Gasteiger partial charge in [-0.05, 0) is 51.9 Å². The summed E-state index contributed by atoms with van der Waals surface area (Å²) in [6.07, 6.45) is 2.33. The molecule has 2 atom stereocenters. The lowest BCUT2D eigenvalue weighted by molar-refractivity contribution is 0.393. The monoisotopic (exact) mass is 308 g/mol. The number of likely N-dealkylation sites (tertiary alicyclic amines) is 1. The number of guanidine groups is 1. The van der Waals surface area contributed by atoms with Gasteiger partial charge in [0.2, 0.25) is 0 Å². The summed E-state index contributed by atoms with van der Waals surface area (Å²) in [7, 11) is 4.04. The molecule has 2 unspecified atom stereocenters. The topological polar surface area (TPSA) is 39.7 Å². The van der Waals surface area contributed by atoms with Crippen molar-refractivity contribution in [3.63, 3.8) is 0 Å². The molecule has 0 saturated carbocycles. The summed E-state index contributed by atoms with van der Waals surface area (Å²) in [6.45, 7) is 7.78. The number of aryl methyl sites for hydroxylation is 1. The van der Waals surface area contributed by atoms with Crippen LogP contribution in [0.3, 0.4) is 0 Å². The molecule has 0 aromatic carbocycles. The van der Waals surface area contributed by atoms with Gasteiger partial charge in [0.1, 0.15) is 0 Å². The average Bonchev–Trinajstić information content (AvgIpc) is 3.03. The van der Waals surface area contributed by atoms with E-state index in [0.717, 1.165) is 24.8 Å². The number of rotatable bonds is 5. The van der Waals surface area contributed by atoms with E-state index >= 15 is 0 Å². The minimum Gasteiger partial charge on any atom is -0.356 e. The van der Waals surface area contributed by atoms with E-state index in [1.807, 2.05) is 18.4 Å². The van der Waals surface area contributed by atoms with Gasteiger partial charge in [0, 0.05) is 42.4 Å². The highest BCUT2D eigenvalue weighted by molar-refractivity contribution is 7.11. The Balaban J connectivity index is 1.73. The third kappa shape index (κ3) is 5.32. The Bertz CT molecular complexity index is 469. The van der Waals surface area contributed by atoms with Crippen molar-refractivity contribution in [3.05, 3.63) is 21.9 Å². The first-order chi connectivity index (χ1) is 10.1. The van der Waals surface area contributed by atoms with E-state index < -0.39 is 0 Å². The Labute approximate surface area is 132 Å². The standard InChI is InChI=1S/C16H28N4S/c1-12(9-15-6-5-13(2)21-15)19-16(17-3)18-10-14-7-8-20(4)11-14/h5-6,12,14H,7-11H2,1-4H3,(H2,17,18,19). The van der Waals surface area contributed by atoms with Gasteiger partial charge in [-0.2, -0.15) is 0 Å². The van der Waals surface area contributed by atoms with E-state index in [4.69, 9.17) is 0 Å². The lowest BCUT2D eigenvalue weighted by Gasteiger charge is -2.19. The normalized spacial score (nSPS) is 21.5. The summed E-state index contributed by atoms with van der Waals surface area (Å²) in [5, 5.41) is 6.96. The minimum absolute atomic E-state index is 0.389. The van der Waals surface area contributed by atoms with E-state index in [-0.39, 0.29) is 0 Å². The molecular formula is C16H28N4S. The van der Waals surface area contributed by atoms with Gasteiger partial charge in [-0.3, -0.25) is 4.99 Å². The van der Waals surface area contributed by atoms with Crippen molar-refractivity contribution in [2.75, 3.05) is 33.7 Å². The summed E-state index contributed by atoms with van der Waals surface area (Å²) in [5.74, 6) is 1.66. The average molecular weight is 308 g/mol. The van der Waals surface area contributed by atoms with Gasteiger partial charge < -0.3 is 15.5 Å². The van der Waals surface area contributed by atoms with Gasteiger partial charge in [-0.25, -0.2) is 0 Å². The molecule has 0 bridgehead atoms. The van der Waals surface area contributed by atoms with Crippen molar-refractivity contribution >= 4 is 17.3 Å². The molecule has 0 spiro atoms. The quantitative estimate of drug-likeness (QED) is 0.646. The smallest absolute Gasteiger partial charge is 0.191 e. The van der Waals surface area contributed by atoms with Crippen LogP contribution in [0.5, 0.6) is 0 Å². The van der Waals surface area contributed by atoms with Crippen LogP contribution in [0.2, 0.25) is 0 Å². The van der Waals surface area contributed by atoms with Crippen molar-refractivity contribution in [3.8, 4) is 0 Å². The van der Waals surface area contributed by atoms with Crippen LogP contribution >= 0.6 is 11.3 Å². The number of nitrogens with zero attached hydrogens (tertiary/aromatic N) is 2. The number of nitrogens with one attached hydrogen (secondary N) is 2. The molecule has 2 rings (SSSR count). The number of aliphatic imine (C=N–C) groups is 1. The maximum absolute atomic E-state index is 4.34. The summed E-state index contributed by atoms with van der Waals surface area (Å²) >= 11 is 1.88. The summed E-state index contributed by atoms with van der Waals surface area (Å²) in [4.78, 5) is 9.54. The second kappa shape index (κ2) is 7.80. The van der Waals surface area contributed by atoms with Crippen LogP contribution in [0.4, 0.5) is 0 Å². The Morgan fingerprint density at radius 2 is 2.33 bits per heavy atom. The van der Waals surface area contributed by atoms with Gasteiger partial charge in [0.15, 0.2) is 5.96 Å². The van der Waals surface area contributed by atoms with Crippen LogP contribution in [0.1, 0.15) is 23.1 Å². The molecule has 1 saturated heterocycles. The van der Waals surface area contributed by atoms with E-state index in [0.29, 0.717) is 6.04 Å². The molecule has 1 aromatic rings. The maximum Gasteiger partial charge on any atom is 0.191 e. The third-order valence-corrected chi connectivity index (χ3v) is 4.98. The van der Waals surface area contributed by atoms with Crippen LogP contribution in [0.25, 0.3) is 0 Å². The van der Waals surface area contributed by atoms with Crippen LogP contribution in [0.15, 0.2) is 17.1 Å². The fourth-order valence-electron chi connectivity index (χ4n) is 2.81. The molecule has 118 valence electrons. The highest BCUT2D eigenvalue weighted by Crippen LogP contribution is 2.16. The zero-order chi connectivity index (χ0) is 15.2.